The van der Waals surface area contributed by atoms with Crippen molar-refractivity contribution in [3.05, 3.63) is 12.2 Å². The van der Waals surface area contributed by atoms with Crippen molar-refractivity contribution in [3.63, 3.8) is 0 Å². The molecule has 4 nitrogen and oxygen atoms in total. The van der Waals surface area contributed by atoms with Gasteiger partial charge < -0.3 is 12.9 Å². The highest BCUT2D eigenvalue weighted by atomic mass is 19.4. The molecule has 0 aliphatic carbocycles. The predicted octanol–water partition coefficient (Wildman–Crippen LogP) is 0.536. The molecule has 0 saturated heterocycles. The summed E-state index contributed by atoms with van der Waals surface area (Å²) < 4.78 is 35.8. The topological polar surface area (TPSA) is 54.5 Å². The second-order valence-electron chi connectivity index (χ2n) is 2.11. The molecule has 0 aliphatic heterocycles. The first-order chi connectivity index (χ1) is 5.51. The van der Waals surface area contributed by atoms with Crippen molar-refractivity contribution >= 4 is 6.98 Å². The number of halogens is 3. The molecule has 0 spiro atoms. The maximum atomic E-state index is 11.7. The lowest BCUT2D eigenvalue weighted by Gasteiger charge is -2.11. The predicted molar refractivity (Wildman–Crippen MR) is 33.8 cm³/mol. The molecule has 0 amide bonds. The molecule has 1 rings (SSSR count). The van der Waals surface area contributed by atoms with Gasteiger partial charge in [-0.25, -0.2) is 4.98 Å². The summed E-state index contributed by atoms with van der Waals surface area (Å²) in [6.07, 6.45) is -0.275. The summed E-state index contributed by atoms with van der Waals surface area (Å²) in [7, 11) is 0. The largest absolute Gasteiger partial charge is 0.499 e. The Morgan fingerprint density at radius 3 is 2.67 bits per heavy atom. The van der Waals surface area contributed by atoms with Crippen molar-refractivity contribution in [2.45, 2.75) is 6.44 Å². The van der Waals surface area contributed by atoms with Gasteiger partial charge in [-0.2, -0.15) is 5.26 Å². The van der Waals surface area contributed by atoms with E-state index in [9.17, 15) is 12.9 Å². The first kappa shape index (κ1) is 8.58. The van der Waals surface area contributed by atoms with Gasteiger partial charge in [0, 0.05) is 6.44 Å². The summed E-state index contributed by atoms with van der Waals surface area (Å²) >= 11 is 0. The average molecular weight is 175 g/mol. The highest BCUT2D eigenvalue weighted by Crippen LogP contribution is 2.09. The van der Waals surface area contributed by atoms with Gasteiger partial charge in [0.1, 0.15) is 12.4 Å². The van der Waals surface area contributed by atoms with E-state index >= 15 is 0 Å². The van der Waals surface area contributed by atoms with Gasteiger partial charge in [-0.1, -0.05) is 0 Å². The van der Waals surface area contributed by atoms with Crippen LogP contribution in [0.1, 0.15) is 5.82 Å². The minimum Gasteiger partial charge on any atom is -0.448 e. The smallest absolute Gasteiger partial charge is 0.448 e. The van der Waals surface area contributed by atoms with E-state index in [1.54, 1.807) is 0 Å². The zero-order valence-electron chi connectivity index (χ0n) is 5.78. The zero-order valence-corrected chi connectivity index (χ0v) is 5.78. The molecule has 0 radical (unpaired) electrons. The van der Waals surface area contributed by atoms with E-state index in [1.807, 2.05) is 0 Å². The van der Waals surface area contributed by atoms with Gasteiger partial charge in [-0.05, 0) is 0 Å². The van der Waals surface area contributed by atoms with Crippen molar-refractivity contribution < 1.29 is 12.9 Å². The van der Waals surface area contributed by atoms with Crippen molar-refractivity contribution in [3.8, 4) is 6.07 Å². The van der Waals surface area contributed by atoms with Gasteiger partial charge in [0.15, 0.2) is 0 Å². The molecule has 1 heterocycles. The molecule has 8 heteroatoms. The first-order valence-corrected chi connectivity index (χ1v) is 3.02. The Hall–Kier alpha value is -1.52. The number of hydrogen-bond acceptors (Lipinski definition) is 3. The standard InChI is InChI=1S/C4H3BF3N4/c6-5(7,8)2-12-3-10-4(1-9)11-12/h3H,2H2/q-1. The summed E-state index contributed by atoms with van der Waals surface area (Å²) in [4.78, 5) is 3.32. The van der Waals surface area contributed by atoms with Gasteiger partial charge >= 0.3 is 6.98 Å². The summed E-state index contributed by atoms with van der Waals surface area (Å²) in [5.41, 5.74) is 0. The fourth-order valence-corrected chi connectivity index (χ4v) is 0.646. The molecule has 0 N–H and O–H groups in total. The SMILES string of the molecule is N#Cc1ncn(C[B-](F)(F)F)n1. The van der Waals surface area contributed by atoms with Crippen LogP contribution in [0.15, 0.2) is 6.33 Å². The normalized spacial score (nSPS) is 11.2. The van der Waals surface area contributed by atoms with E-state index in [1.165, 1.54) is 6.07 Å². The lowest BCUT2D eigenvalue weighted by atomic mass is 9.93. The number of rotatable bonds is 2. The molecular formula is C4H3BF3N4-. The molecule has 64 valence electrons. The lowest BCUT2D eigenvalue weighted by Crippen LogP contribution is -2.24. The maximum Gasteiger partial charge on any atom is 0.499 e. The fraction of sp³-hybridized carbons (Fsp3) is 0.250. The monoisotopic (exact) mass is 175 g/mol. The molecular weight excluding hydrogens is 172 g/mol. The molecule has 1 aromatic heterocycles. The van der Waals surface area contributed by atoms with E-state index in [4.69, 9.17) is 5.26 Å². The van der Waals surface area contributed by atoms with E-state index in [-0.39, 0.29) is 5.82 Å². The van der Waals surface area contributed by atoms with Crippen molar-refractivity contribution in [1.29, 1.82) is 5.26 Å². The summed E-state index contributed by atoms with van der Waals surface area (Å²) in [5.74, 6) is -0.255. The Kier molecular flexibility index (Phi) is 2.04. The lowest BCUT2D eigenvalue weighted by molar-refractivity contribution is 0.435. The Bertz CT molecular complexity index is 311. The minimum absolute atomic E-state index is 0.255. The minimum atomic E-state index is -4.92. The van der Waals surface area contributed by atoms with E-state index < -0.39 is 13.4 Å². The molecule has 0 fully saturated rings. The van der Waals surface area contributed by atoms with Gasteiger partial charge in [0.25, 0.3) is 5.82 Å². The summed E-state index contributed by atoms with van der Waals surface area (Å²) in [6.45, 7) is -4.92. The third-order valence-electron chi connectivity index (χ3n) is 1.03. The van der Waals surface area contributed by atoms with Crippen LogP contribution < -0.4 is 0 Å². The number of hydrogen-bond donors (Lipinski definition) is 0. The van der Waals surface area contributed by atoms with Gasteiger partial charge in [-0.15, -0.1) is 5.10 Å². The number of aromatic nitrogens is 3. The highest BCUT2D eigenvalue weighted by Gasteiger charge is 2.24. The van der Waals surface area contributed by atoms with E-state index in [0.717, 1.165) is 6.33 Å². The summed E-state index contributed by atoms with van der Waals surface area (Å²) in [6, 6.07) is 1.53. The number of nitriles is 1. The van der Waals surface area contributed by atoms with Crippen LogP contribution in [-0.2, 0) is 6.44 Å². The average Bonchev–Trinajstić information content (AvgIpc) is 2.32. The Balaban J connectivity index is 2.72. The van der Waals surface area contributed by atoms with Crippen LogP contribution in [0.25, 0.3) is 0 Å². The van der Waals surface area contributed by atoms with Gasteiger partial charge in [0.2, 0.25) is 0 Å². The fourth-order valence-electron chi connectivity index (χ4n) is 0.646. The first-order valence-electron chi connectivity index (χ1n) is 3.02. The summed E-state index contributed by atoms with van der Waals surface area (Å²) in [5, 5.41) is 11.4. The van der Waals surface area contributed by atoms with Crippen LogP contribution in [0, 0.1) is 11.3 Å². The maximum absolute atomic E-state index is 11.7. The van der Waals surface area contributed by atoms with Crippen LogP contribution in [0.3, 0.4) is 0 Å². The van der Waals surface area contributed by atoms with Gasteiger partial charge in [-0.3, -0.25) is 4.68 Å². The molecule has 0 unspecified atom stereocenters. The van der Waals surface area contributed by atoms with Crippen LogP contribution in [0.2, 0.25) is 0 Å². The Labute approximate surface area is 65.7 Å². The molecule has 0 saturated carbocycles. The molecule has 1 aromatic rings. The molecule has 0 atom stereocenters. The zero-order chi connectivity index (χ0) is 9.19. The molecule has 12 heavy (non-hydrogen) atoms. The van der Waals surface area contributed by atoms with Crippen LogP contribution in [0.5, 0.6) is 0 Å². The van der Waals surface area contributed by atoms with Crippen molar-refractivity contribution in [1.82, 2.24) is 14.8 Å². The quantitative estimate of drug-likeness (QED) is 0.616. The van der Waals surface area contributed by atoms with E-state index in [2.05, 4.69) is 10.1 Å². The second-order valence-corrected chi connectivity index (χ2v) is 2.11. The molecule has 0 bridgehead atoms. The molecule has 0 aromatic carbocycles. The van der Waals surface area contributed by atoms with E-state index in [0.29, 0.717) is 4.68 Å². The third kappa shape index (κ3) is 2.27. The van der Waals surface area contributed by atoms with Crippen LogP contribution >= 0.6 is 0 Å². The van der Waals surface area contributed by atoms with Crippen molar-refractivity contribution in [2.75, 3.05) is 0 Å². The third-order valence-corrected chi connectivity index (χ3v) is 1.03. The Morgan fingerprint density at radius 1 is 1.58 bits per heavy atom. The molecule has 0 aliphatic rings. The van der Waals surface area contributed by atoms with Crippen molar-refractivity contribution in [2.24, 2.45) is 0 Å². The second kappa shape index (κ2) is 2.85. The van der Waals surface area contributed by atoms with Gasteiger partial charge in [0.05, 0.1) is 0 Å². The Morgan fingerprint density at radius 2 is 2.25 bits per heavy atom. The number of nitrogens with zero attached hydrogens (tertiary/aromatic N) is 4. The van der Waals surface area contributed by atoms with Crippen LogP contribution in [0.4, 0.5) is 12.9 Å². The van der Waals surface area contributed by atoms with Crippen LogP contribution in [-0.4, -0.2) is 21.7 Å². The highest BCUT2D eigenvalue weighted by molar-refractivity contribution is 6.57.